The van der Waals surface area contributed by atoms with E-state index in [4.69, 9.17) is 11.2 Å². The molecule has 7 nitrogen and oxygen atoms in total. The normalized spacial score (nSPS) is 21.8. The minimum atomic E-state index is -0.968. The van der Waals surface area contributed by atoms with Gasteiger partial charge in [0.25, 0.3) is 0 Å². The van der Waals surface area contributed by atoms with Crippen LogP contribution in [0.15, 0.2) is 42.5 Å². The van der Waals surface area contributed by atoms with Crippen LogP contribution in [0, 0.1) is 24.1 Å². The number of carbonyl (C=O) groups excluding carboxylic acids is 2. The highest BCUT2D eigenvalue weighted by atomic mass is 19.1. The van der Waals surface area contributed by atoms with E-state index in [1.54, 1.807) is 6.07 Å². The molecule has 8 heteroatoms. The molecular formula is C35H46FN3O4. The van der Waals surface area contributed by atoms with Crippen LogP contribution >= 0.6 is 0 Å². The van der Waals surface area contributed by atoms with Crippen LogP contribution in [0.4, 0.5) is 4.39 Å². The van der Waals surface area contributed by atoms with Gasteiger partial charge in [-0.1, -0.05) is 38.3 Å². The smallest absolute Gasteiger partial charge is 0.223 e. The fourth-order valence-corrected chi connectivity index (χ4v) is 5.96. The van der Waals surface area contributed by atoms with E-state index in [0.29, 0.717) is 31.0 Å². The van der Waals surface area contributed by atoms with Crippen LogP contribution in [0.5, 0.6) is 5.75 Å². The molecule has 0 saturated heterocycles. The highest BCUT2D eigenvalue weighted by Gasteiger charge is 2.44. The SMILES string of the molecule is C#Cc1cccc(C2(NCC(O)C3Cc4cc(F)cc(c4)OCC(CCC)CCN(CCC)C(=O)CCC(=O)N3)CC2)c1. The zero-order valence-electron chi connectivity index (χ0n) is 25.5. The Morgan fingerprint density at radius 3 is 2.72 bits per heavy atom. The number of benzene rings is 2. The van der Waals surface area contributed by atoms with Crippen molar-refractivity contribution in [1.82, 2.24) is 15.5 Å². The van der Waals surface area contributed by atoms with E-state index >= 15 is 0 Å². The van der Waals surface area contributed by atoms with Crippen molar-refractivity contribution in [3.63, 3.8) is 0 Å². The molecule has 43 heavy (non-hydrogen) atoms. The van der Waals surface area contributed by atoms with Gasteiger partial charge in [0.1, 0.15) is 11.6 Å². The van der Waals surface area contributed by atoms with E-state index in [-0.39, 0.29) is 49.1 Å². The van der Waals surface area contributed by atoms with Gasteiger partial charge in [-0.05, 0) is 79.8 Å². The van der Waals surface area contributed by atoms with Crippen molar-refractivity contribution in [1.29, 1.82) is 0 Å². The minimum absolute atomic E-state index is 0.0222. The number of ether oxygens (including phenoxy) is 1. The number of hydrogen-bond acceptors (Lipinski definition) is 5. The summed E-state index contributed by atoms with van der Waals surface area (Å²) in [6.45, 7) is 6.02. The first kappa shape index (κ1) is 32.5. The number of terminal acetylenes is 1. The first-order valence-corrected chi connectivity index (χ1v) is 15.7. The van der Waals surface area contributed by atoms with Gasteiger partial charge in [0.2, 0.25) is 11.8 Å². The fourth-order valence-electron chi connectivity index (χ4n) is 5.96. The zero-order chi connectivity index (χ0) is 30.8. The number of carbonyl (C=O) groups is 2. The van der Waals surface area contributed by atoms with Gasteiger partial charge in [0.05, 0.1) is 18.8 Å². The molecule has 0 aromatic heterocycles. The predicted molar refractivity (Wildman–Crippen MR) is 166 cm³/mol. The summed E-state index contributed by atoms with van der Waals surface area (Å²) in [6.07, 6.45) is 10.3. The quantitative estimate of drug-likeness (QED) is 0.368. The second-order valence-electron chi connectivity index (χ2n) is 12.1. The molecule has 2 aromatic carbocycles. The zero-order valence-corrected chi connectivity index (χ0v) is 25.5. The molecule has 2 bridgehead atoms. The Hall–Kier alpha value is -3.41. The standard InChI is InChI=1S/C35H46FN3O4/c1-4-8-26-13-17-39(16-5-2)34(42)12-11-33(41)38-31(21-27-19-29(36)22-30(20-27)43-24-26)32(40)23-37-35(14-15-35)28-10-7-9-25(6-3)18-28/h3,7,9-10,18-20,22,26,31-32,37,40H,4-5,8,11-17,21,23-24H2,1-2H3,(H,38,41). The average molecular weight is 592 g/mol. The van der Waals surface area contributed by atoms with Crippen LogP contribution < -0.4 is 15.4 Å². The summed E-state index contributed by atoms with van der Waals surface area (Å²) in [5.74, 6) is 2.53. The van der Waals surface area contributed by atoms with Gasteiger partial charge in [-0.15, -0.1) is 6.42 Å². The summed E-state index contributed by atoms with van der Waals surface area (Å²) in [5.41, 5.74) is 2.21. The predicted octanol–water partition coefficient (Wildman–Crippen LogP) is 4.69. The summed E-state index contributed by atoms with van der Waals surface area (Å²) >= 11 is 0. The lowest BCUT2D eigenvalue weighted by Crippen LogP contribution is -2.50. The van der Waals surface area contributed by atoms with Crippen molar-refractivity contribution < 1.29 is 23.8 Å². The summed E-state index contributed by atoms with van der Waals surface area (Å²) in [4.78, 5) is 28.0. The Balaban J connectivity index is 1.53. The number of nitrogens with one attached hydrogen (secondary N) is 2. The molecule has 1 heterocycles. The van der Waals surface area contributed by atoms with Crippen LogP contribution in [0.25, 0.3) is 0 Å². The van der Waals surface area contributed by atoms with Crippen molar-refractivity contribution in [3.05, 3.63) is 65.0 Å². The van der Waals surface area contributed by atoms with Gasteiger partial charge in [-0.25, -0.2) is 4.39 Å². The highest BCUT2D eigenvalue weighted by molar-refractivity contribution is 5.84. The summed E-state index contributed by atoms with van der Waals surface area (Å²) in [6, 6.07) is 11.7. The molecule has 3 unspecified atom stereocenters. The second kappa shape index (κ2) is 15.4. The molecule has 1 saturated carbocycles. The number of amides is 2. The molecule has 0 spiro atoms. The van der Waals surface area contributed by atoms with Crippen molar-refractivity contribution in [2.24, 2.45) is 5.92 Å². The molecule has 1 aliphatic carbocycles. The number of aliphatic hydroxyl groups is 1. The van der Waals surface area contributed by atoms with Gasteiger partial charge in [-0.2, -0.15) is 0 Å². The number of nitrogens with zero attached hydrogens (tertiary/aromatic N) is 1. The topological polar surface area (TPSA) is 90.9 Å². The molecule has 2 amide bonds. The fraction of sp³-hybridized carbons (Fsp3) is 0.543. The average Bonchev–Trinajstić information content (AvgIpc) is 3.79. The first-order chi connectivity index (χ1) is 20.7. The summed E-state index contributed by atoms with van der Waals surface area (Å²) in [5, 5.41) is 17.8. The van der Waals surface area contributed by atoms with Crippen molar-refractivity contribution in [2.75, 3.05) is 26.2 Å². The number of fused-ring (bicyclic) bond motifs is 2. The van der Waals surface area contributed by atoms with E-state index in [1.807, 2.05) is 36.1 Å². The van der Waals surface area contributed by atoms with Crippen LogP contribution in [-0.4, -0.2) is 60.2 Å². The van der Waals surface area contributed by atoms with Gasteiger partial charge in [0, 0.05) is 49.6 Å². The Morgan fingerprint density at radius 2 is 2.00 bits per heavy atom. The lowest BCUT2D eigenvalue weighted by molar-refractivity contribution is -0.134. The Labute approximate surface area is 255 Å². The Kier molecular flexibility index (Phi) is 11.6. The van der Waals surface area contributed by atoms with E-state index in [2.05, 4.69) is 23.5 Å². The molecule has 2 aliphatic rings. The lowest BCUT2D eigenvalue weighted by atomic mass is 9.98. The minimum Gasteiger partial charge on any atom is -0.493 e. The molecule has 3 N–H and O–H groups in total. The van der Waals surface area contributed by atoms with Crippen LogP contribution in [0.3, 0.4) is 0 Å². The maximum absolute atomic E-state index is 14.7. The third-order valence-corrected chi connectivity index (χ3v) is 8.58. The van der Waals surface area contributed by atoms with Crippen LogP contribution in [0.2, 0.25) is 0 Å². The monoisotopic (exact) mass is 591 g/mol. The highest BCUT2D eigenvalue weighted by Crippen LogP contribution is 2.45. The summed E-state index contributed by atoms with van der Waals surface area (Å²) in [7, 11) is 0. The van der Waals surface area contributed by atoms with E-state index < -0.39 is 18.0 Å². The van der Waals surface area contributed by atoms with Crippen LogP contribution in [0.1, 0.15) is 81.9 Å². The van der Waals surface area contributed by atoms with Crippen molar-refractivity contribution >= 4 is 11.8 Å². The lowest BCUT2D eigenvalue weighted by Gasteiger charge is -2.28. The number of rotatable bonds is 9. The Bertz CT molecular complexity index is 1290. The molecule has 232 valence electrons. The Morgan fingerprint density at radius 1 is 1.19 bits per heavy atom. The van der Waals surface area contributed by atoms with E-state index in [1.165, 1.54) is 12.1 Å². The number of hydrogen-bond donors (Lipinski definition) is 3. The second-order valence-corrected chi connectivity index (χ2v) is 12.1. The van der Waals surface area contributed by atoms with Gasteiger partial charge < -0.3 is 25.4 Å². The molecule has 1 aliphatic heterocycles. The first-order valence-electron chi connectivity index (χ1n) is 15.7. The molecule has 3 atom stereocenters. The van der Waals surface area contributed by atoms with Crippen LogP contribution in [-0.2, 0) is 21.5 Å². The molecular weight excluding hydrogens is 545 g/mol. The number of aliphatic hydroxyl groups excluding tert-OH is 1. The van der Waals surface area contributed by atoms with Crippen molar-refractivity contribution in [2.45, 2.75) is 89.3 Å². The summed E-state index contributed by atoms with van der Waals surface area (Å²) < 4.78 is 20.8. The maximum atomic E-state index is 14.7. The van der Waals surface area contributed by atoms with Crippen molar-refractivity contribution in [3.8, 4) is 18.1 Å². The number of halogens is 1. The van der Waals surface area contributed by atoms with E-state index in [0.717, 1.165) is 49.7 Å². The third kappa shape index (κ3) is 9.29. The van der Waals surface area contributed by atoms with Gasteiger partial charge in [-0.3, -0.25) is 9.59 Å². The molecule has 4 rings (SSSR count). The third-order valence-electron chi connectivity index (χ3n) is 8.58. The van der Waals surface area contributed by atoms with Gasteiger partial charge >= 0.3 is 0 Å². The maximum Gasteiger partial charge on any atom is 0.223 e. The molecule has 0 radical (unpaired) electrons. The largest absolute Gasteiger partial charge is 0.493 e. The van der Waals surface area contributed by atoms with E-state index in [9.17, 15) is 19.1 Å². The molecule has 2 aromatic rings. The molecule has 1 fully saturated rings. The van der Waals surface area contributed by atoms with Gasteiger partial charge in [0.15, 0.2) is 0 Å².